The predicted molar refractivity (Wildman–Crippen MR) is 47.0 cm³/mol. The Morgan fingerprint density at radius 1 is 1.42 bits per heavy atom. The smallest absolute Gasteiger partial charge is 0.213 e. The van der Waals surface area contributed by atoms with Gasteiger partial charge < -0.3 is 15.2 Å². The van der Waals surface area contributed by atoms with Gasteiger partial charge in [0, 0.05) is 6.54 Å². The third-order valence-corrected chi connectivity index (χ3v) is 1.82. The maximum absolute atomic E-state index is 9.17. The van der Waals surface area contributed by atoms with E-state index in [9.17, 15) is 0 Å². The van der Waals surface area contributed by atoms with Crippen LogP contribution in [-0.2, 0) is 0 Å². The number of fused-ring (bicyclic) bond motifs is 1. The van der Waals surface area contributed by atoms with Crippen molar-refractivity contribution in [3.63, 3.8) is 0 Å². The van der Waals surface area contributed by atoms with Gasteiger partial charge in [0.2, 0.25) is 5.75 Å². The lowest BCUT2D eigenvalue weighted by molar-refractivity contribution is 0.463. The molecule has 0 fully saturated rings. The first kappa shape index (κ1) is 7.28. The first-order valence-corrected chi connectivity index (χ1v) is 4.10. The summed E-state index contributed by atoms with van der Waals surface area (Å²) in [5.74, 6) is 1.65. The Morgan fingerprint density at radius 2 is 2.25 bits per heavy atom. The van der Waals surface area contributed by atoms with Gasteiger partial charge in [-0.15, -0.1) is 0 Å². The third-order valence-electron chi connectivity index (χ3n) is 1.82. The molecule has 0 spiro atoms. The van der Waals surface area contributed by atoms with Crippen LogP contribution in [0.5, 0.6) is 17.2 Å². The van der Waals surface area contributed by atoms with Crippen molar-refractivity contribution in [3.05, 3.63) is 12.1 Å². The van der Waals surface area contributed by atoms with E-state index >= 15 is 0 Å². The molecular weight excluding hydrogens is 154 g/mol. The minimum Gasteiger partial charge on any atom is -0.504 e. The average molecular weight is 165 g/mol. The molecule has 2 rings (SSSR count). The first-order chi connectivity index (χ1) is 5.83. The van der Waals surface area contributed by atoms with Crippen molar-refractivity contribution in [2.24, 2.45) is 0 Å². The maximum Gasteiger partial charge on any atom is 0.213 e. The number of hydrogen-bond acceptors (Lipinski definition) is 3. The number of hydrogen-bond donors (Lipinski definition) is 2. The van der Waals surface area contributed by atoms with Crippen LogP contribution in [0.4, 0.5) is 5.69 Å². The van der Waals surface area contributed by atoms with Crippen LogP contribution in [0.15, 0.2) is 12.1 Å². The Hall–Kier alpha value is -1.38. The van der Waals surface area contributed by atoms with Gasteiger partial charge in [-0.05, 0) is 18.6 Å². The molecule has 0 amide bonds. The van der Waals surface area contributed by atoms with Crippen LogP contribution in [0, 0.1) is 0 Å². The summed E-state index contributed by atoms with van der Waals surface area (Å²) in [6, 6.07) is 3.47. The van der Waals surface area contributed by atoms with E-state index in [1.165, 1.54) is 0 Å². The van der Waals surface area contributed by atoms with E-state index in [1.54, 1.807) is 6.07 Å². The molecule has 12 heavy (non-hydrogen) atoms. The quantitative estimate of drug-likeness (QED) is 0.542. The lowest BCUT2D eigenvalue weighted by Gasteiger charge is -2.00. The number of phenolic OH excluding ortho intramolecular Hbond substituents is 1. The highest BCUT2D eigenvalue weighted by Gasteiger charge is 2.28. The summed E-state index contributed by atoms with van der Waals surface area (Å²) in [5.41, 5.74) is 0.977. The fourth-order valence-corrected chi connectivity index (χ4v) is 1.13. The summed E-state index contributed by atoms with van der Waals surface area (Å²) in [7, 11) is 0. The first-order valence-electron chi connectivity index (χ1n) is 4.10. The van der Waals surface area contributed by atoms with Gasteiger partial charge >= 0.3 is 0 Å². The van der Waals surface area contributed by atoms with Gasteiger partial charge in [0.15, 0.2) is 11.5 Å². The molecule has 0 saturated heterocycles. The molecule has 0 aromatic heterocycles. The molecule has 0 saturated carbocycles. The number of phenols is 1. The highest BCUT2D eigenvalue weighted by atomic mass is 16.6. The van der Waals surface area contributed by atoms with Crippen LogP contribution in [0.3, 0.4) is 0 Å². The zero-order valence-electron chi connectivity index (χ0n) is 6.92. The molecule has 0 aliphatic carbocycles. The van der Waals surface area contributed by atoms with E-state index in [4.69, 9.17) is 9.84 Å². The Kier molecular flexibility index (Phi) is 1.57. The second-order valence-corrected chi connectivity index (χ2v) is 2.82. The zero-order chi connectivity index (χ0) is 8.55. The van der Waals surface area contributed by atoms with Crippen LogP contribution in [0.25, 0.3) is 0 Å². The van der Waals surface area contributed by atoms with E-state index in [0.717, 1.165) is 24.4 Å². The van der Waals surface area contributed by atoms with Crippen molar-refractivity contribution in [3.8, 4) is 17.2 Å². The number of nitrogens with one attached hydrogen (secondary N) is 1. The van der Waals surface area contributed by atoms with Crippen molar-refractivity contribution in [1.29, 1.82) is 0 Å². The van der Waals surface area contributed by atoms with Crippen LogP contribution in [-0.4, -0.2) is 11.7 Å². The molecule has 1 aromatic carbocycles. The Morgan fingerprint density at radius 3 is 3.00 bits per heavy atom. The summed E-state index contributed by atoms with van der Waals surface area (Å²) >= 11 is 0. The summed E-state index contributed by atoms with van der Waals surface area (Å²) < 4.78 is 5.08. The highest BCUT2D eigenvalue weighted by molar-refractivity contribution is 5.76. The van der Waals surface area contributed by atoms with E-state index in [1.807, 2.05) is 6.07 Å². The molecule has 64 valence electrons. The molecule has 2 N–H and O–H groups in total. The second kappa shape index (κ2) is 2.59. The Bertz CT molecular complexity index is 310. The predicted octanol–water partition coefficient (Wildman–Crippen LogP) is 2.32. The summed E-state index contributed by atoms with van der Waals surface area (Å²) in [4.78, 5) is 0. The monoisotopic (exact) mass is 165 g/mol. The number of aromatic hydroxyl groups is 1. The number of rotatable bonds is 3. The second-order valence-electron chi connectivity index (χ2n) is 2.82. The van der Waals surface area contributed by atoms with Crippen molar-refractivity contribution in [2.75, 3.05) is 11.9 Å². The van der Waals surface area contributed by atoms with Gasteiger partial charge in [-0.2, -0.15) is 0 Å². The molecule has 1 heterocycles. The van der Waals surface area contributed by atoms with Crippen molar-refractivity contribution in [2.45, 2.75) is 13.3 Å². The van der Waals surface area contributed by atoms with Gasteiger partial charge in [-0.25, -0.2) is 0 Å². The summed E-state index contributed by atoms with van der Waals surface area (Å²) in [5, 5.41) is 12.4. The van der Waals surface area contributed by atoms with Gasteiger partial charge in [-0.1, -0.05) is 6.92 Å². The normalized spacial score (nSPS) is 11.8. The van der Waals surface area contributed by atoms with Crippen LogP contribution >= 0.6 is 0 Å². The minimum absolute atomic E-state index is 0.229. The summed E-state index contributed by atoms with van der Waals surface area (Å²) in [6.07, 6.45) is 1.08. The van der Waals surface area contributed by atoms with Gasteiger partial charge in [0.25, 0.3) is 0 Å². The van der Waals surface area contributed by atoms with Crippen molar-refractivity contribution >= 4 is 5.69 Å². The van der Waals surface area contributed by atoms with Gasteiger partial charge in [0.05, 0.1) is 5.69 Å². The molecular formula is C9H11NO2. The molecule has 3 nitrogen and oxygen atoms in total. The van der Waals surface area contributed by atoms with E-state index in [0.29, 0.717) is 5.75 Å². The lowest BCUT2D eigenvalue weighted by atomic mass is 10.3. The Labute approximate surface area is 71.0 Å². The Balaban J connectivity index is 2.15. The fourth-order valence-electron chi connectivity index (χ4n) is 1.13. The zero-order valence-corrected chi connectivity index (χ0v) is 6.92. The minimum atomic E-state index is 0.229. The van der Waals surface area contributed by atoms with E-state index in [-0.39, 0.29) is 5.75 Å². The lowest BCUT2D eigenvalue weighted by Crippen LogP contribution is -1.97. The van der Waals surface area contributed by atoms with E-state index in [2.05, 4.69) is 12.2 Å². The molecule has 1 aliphatic rings. The number of ether oxygens (including phenoxy) is 1. The van der Waals surface area contributed by atoms with Gasteiger partial charge in [0.1, 0.15) is 0 Å². The van der Waals surface area contributed by atoms with Crippen LogP contribution in [0.1, 0.15) is 13.3 Å². The topological polar surface area (TPSA) is 44.8 Å². The van der Waals surface area contributed by atoms with Crippen molar-refractivity contribution < 1.29 is 9.84 Å². The molecule has 0 radical (unpaired) electrons. The van der Waals surface area contributed by atoms with Crippen molar-refractivity contribution in [1.82, 2.24) is 0 Å². The number of benzene rings is 1. The average Bonchev–Trinajstić information content (AvgIpc) is 2.83. The van der Waals surface area contributed by atoms with Gasteiger partial charge in [-0.3, -0.25) is 0 Å². The summed E-state index contributed by atoms with van der Waals surface area (Å²) in [6.45, 7) is 3.04. The third kappa shape index (κ3) is 1.07. The molecule has 1 aliphatic heterocycles. The van der Waals surface area contributed by atoms with Crippen LogP contribution in [0.2, 0.25) is 0 Å². The molecule has 0 unspecified atom stereocenters. The highest BCUT2D eigenvalue weighted by Crippen LogP contribution is 2.56. The number of anilines is 1. The largest absolute Gasteiger partial charge is 0.504 e. The fraction of sp³-hybridized carbons (Fsp3) is 0.333. The maximum atomic E-state index is 9.17. The van der Waals surface area contributed by atoms with E-state index < -0.39 is 0 Å². The standard InChI is InChI=1S/C9H11NO2/c1-2-5-10-6-3-4-7(11)9-8(6)12-9/h3-4,10-11H,2,5H2,1H3. The molecule has 0 bridgehead atoms. The SMILES string of the molecule is CCCNc1ccc(O)c2c1O2. The molecule has 3 heteroatoms. The van der Waals surface area contributed by atoms with Crippen LogP contribution < -0.4 is 10.1 Å². The molecule has 0 atom stereocenters. The molecule has 1 aromatic rings.